The lowest BCUT2D eigenvalue weighted by Gasteiger charge is -2.19. The first kappa shape index (κ1) is 20.3. The van der Waals surface area contributed by atoms with E-state index in [0.29, 0.717) is 0 Å². The van der Waals surface area contributed by atoms with Gasteiger partial charge >= 0.3 is 0 Å². The molecule has 1 saturated carbocycles. The number of hydrogen-bond donors (Lipinski definition) is 3. The first-order chi connectivity index (χ1) is 10.00. The maximum Gasteiger partial charge on any atom is 0.240 e. The van der Waals surface area contributed by atoms with Crippen LogP contribution >= 0.6 is 12.4 Å². The molecule has 0 saturated heterocycles. The summed E-state index contributed by atoms with van der Waals surface area (Å²) in [5.41, 5.74) is 5.04. The molecular formula is C13H22ClN3O4S2. The minimum absolute atomic E-state index is 0. The van der Waals surface area contributed by atoms with Crippen molar-refractivity contribution in [3.63, 3.8) is 0 Å². The lowest BCUT2D eigenvalue weighted by Crippen LogP contribution is -2.45. The normalized spacial score (nSPS) is 16.0. The van der Waals surface area contributed by atoms with Crippen LogP contribution in [0.2, 0.25) is 0 Å². The van der Waals surface area contributed by atoms with Crippen LogP contribution in [0.1, 0.15) is 26.7 Å². The molecule has 4 N–H and O–H groups in total. The van der Waals surface area contributed by atoms with E-state index in [0.717, 1.165) is 18.9 Å². The van der Waals surface area contributed by atoms with Crippen molar-refractivity contribution in [2.75, 3.05) is 6.54 Å². The fourth-order valence-corrected chi connectivity index (χ4v) is 4.36. The third-order valence-electron chi connectivity index (χ3n) is 3.04. The maximum atomic E-state index is 12.2. The topological polar surface area (TPSA) is 118 Å². The quantitative estimate of drug-likeness (QED) is 0.635. The minimum Gasteiger partial charge on any atom is -0.324 e. The molecule has 1 aliphatic rings. The zero-order valence-corrected chi connectivity index (χ0v) is 15.4. The first-order valence-corrected chi connectivity index (χ1v) is 9.87. The summed E-state index contributed by atoms with van der Waals surface area (Å²) in [6.07, 6.45) is 1.62. The number of nitrogens with two attached hydrogens (primary N) is 1. The van der Waals surface area contributed by atoms with Crippen molar-refractivity contribution in [2.45, 2.75) is 48.1 Å². The van der Waals surface area contributed by atoms with Crippen molar-refractivity contribution >= 4 is 32.5 Å². The van der Waals surface area contributed by atoms with Gasteiger partial charge in [-0.1, -0.05) is 6.07 Å². The third kappa shape index (κ3) is 6.02. The highest BCUT2D eigenvalue weighted by atomic mass is 35.5. The standard InChI is InChI=1S/C13H21N3O4S2.ClH/c1-13(2,14)9-15-21(17,18)11-4-3-5-12(8-11)22(19,20)16-10-6-7-10;/h3-5,8,10,15-16H,6-7,9,14H2,1-2H3;1H. The average molecular weight is 384 g/mol. The lowest BCUT2D eigenvalue weighted by molar-refractivity contribution is 0.498. The van der Waals surface area contributed by atoms with E-state index in [1.54, 1.807) is 13.8 Å². The van der Waals surface area contributed by atoms with Gasteiger partial charge in [-0.2, -0.15) is 0 Å². The Morgan fingerprint density at radius 1 is 1.13 bits per heavy atom. The van der Waals surface area contributed by atoms with Crippen LogP contribution in [-0.2, 0) is 20.0 Å². The van der Waals surface area contributed by atoms with Crippen molar-refractivity contribution in [3.05, 3.63) is 24.3 Å². The zero-order valence-electron chi connectivity index (χ0n) is 12.9. The molecule has 1 fully saturated rings. The molecule has 0 amide bonds. The van der Waals surface area contributed by atoms with Gasteiger partial charge in [0, 0.05) is 18.1 Å². The van der Waals surface area contributed by atoms with E-state index in [2.05, 4.69) is 9.44 Å². The smallest absolute Gasteiger partial charge is 0.240 e. The van der Waals surface area contributed by atoms with Gasteiger partial charge < -0.3 is 5.73 Å². The van der Waals surface area contributed by atoms with Crippen LogP contribution in [0.25, 0.3) is 0 Å². The van der Waals surface area contributed by atoms with Gasteiger partial charge in [0.2, 0.25) is 20.0 Å². The summed E-state index contributed by atoms with van der Waals surface area (Å²) in [5.74, 6) is 0. The van der Waals surface area contributed by atoms with E-state index in [-0.39, 0.29) is 34.8 Å². The summed E-state index contributed by atoms with van der Waals surface area (Å²) >= 11 is 0. The second kappa shape index (κ2) is 7.04. The summed E-state index contributed by atoms with van der Waals surface area (Å²) in [6.45, 7) is 3.43. The van der Waals surface area contributed by atoms with Crippen LogP contribution in [0, 0.1) is 0 Å². The van der Waals surface area contributed by atoms with Crippen molar-refractivity contribution in [3.8, 4) is 0 Å². The van der Waals surface area contributed by atoms with Crippen LogP contribution in [0.15, 0.2) is 34.1 Å². The Balaban J connectivity index is 0.00000264. The second-order valence-electron chi connectivity index (χ2n) is 6.18. The predicted octanol–water partition coefficient (Wildman–Crippen LogP) is 0.565. The number of benzene rings is 1. The van der Waals surface area contributed by atoms with E-state index < -0.39 is 25.6 Å². The van der Waals surface area contributed by atoms with Gasteiger partial charge in [-0.3, -0.25) is 0 Å². The maximum absolute atomic E-state index is 12.2. The van der Waals surface area contributed by atoms with Crippen LogP contribution in [0.3, 0.4) is 0 Å². The van der Waals surface area contributed by atoms with Gasteiger partial charge in [-0.05, 0) is 44.9 Å². The molecule has 7 nitrogen and oxygen atoms in total. The van der Waals surface area contributed by atoms with E-state index in [1.807, 2.05) is 0 Å². The average Bonchev–Trinajstić information content (AvgIpc) is 3.19. The molecular weight excluding hydrogens is 362 g/mol. The summed E-state index contributed by atoms with van der Waals surface area (Å²) in [4.78, 5) is -0.162. The zero-order chi connectivity index (χ0) is 16.6. The first-order valence-electron chi connectivity index (χ1n) is 6.91. The van der Waals surface area contributed by atoms with Crippen molar-refractivity contribution < 1.29 is 16.8 Å². The molecule has 132 valence electrons. The second-order valence-corrected chi connectivity index (χ2v) is 9.66. The molecule has 2 rings (SSSR count). The van der Waals surface area contributed by atoms with E-state index in [9.17, 15) is 16.8 Å². The highest BCUT2D eigenvalue weighted by Gasteiger charge is 2.28. The Hall–Kier alpha value is -0.710. The number of hydrogen-bond acceptors (Lipinski definition) is 5. The van der Waals surface area contributed by atoms with E-state index in [4.69, 9.17) is 5.73 Å². The molecule has 23 heavy (non-hydrogen) atoms. The van der Waals surface area contributed by atoms with Crippen LogP contribution in [0.5, 0.6) is 0 Å². The lowest BCUT2D eigenvalue weighted by atomic mass is 10.1. The van der Waals surface area contributed by atoms with Gasteiger partial charge in [-0.25, -0.2) is 26.3 Å². The van der Waals surface area contributed by atoms with Gasteiger partial charge in [0.25, 0.3) is 0 Å². The predicted molar refractivity (Wildman–Crippen MR) is 90.5 cm³/mol. The molecule has 0 aromatic heterocycles. The van der Waals surface area contributed by atoms with E-state index >= 15 is 0 Å². The van der Waals surface area contributed by atoms with Crippen molar-refractivity contribution in [1.82, 2.24) is 9.44 Å². The number of nitrogens with one attached hydrogen (secondary N) is 2. The highest BCUT2D eigenvalue weighted by Crippen LogP contribution is 2.23. The summed E-state index contributed by atoms with van der Waals surface area (Å²) in [6, 6.07) is 5.24. The molecule has 0 radical (unpaired) electrons. The van der Waals surface area contributed by atoms with Crippen LogP contribution in [-0.4, -0.2) is 35.0 Å². The molecule has 1 aromatic rings. The molecule has 0 heterocycles. The molecule has 0 unspecified atom stereocenters. The number of halogens is 1. The van der Waals surface area contributed by atoms with Gasteiger partial charge in [0.05, 0.1) is 9.79 Å². The van der Waals surface area contributed by atoms with Crippen LogP contribution in [0.4, 0.5) is 0 Å². The molecule has 1 aromatic carbocycles. The number of rotatable bonds is 7. The van der Waals surface area contributed by atoms with Gasteiger partial charge in [0.15, 0.2) is 0 Å². The molecule has 0 spiro atoms. The fourth-order valence-electron chi connectivity index (χ4n) is 1.66. The summed E-state index contributed by atoms with van der Waals surface area (Å²) in [7, 11) is -7.50. The van der Waals surface area contributed by atoms with Gasteiger partial charge in [-0.15, -0.1) is 12.4 Å². The van der Waals surface area contributed by atoms with Crippen LogP contribution < -0.4 is 15.2 Å². The Morgan fingerprint density at radius 2 is 1.65 bits per heavy atom. The summed E-state index contributed by atoms with van der Waals surface area (Å²) < 4.78 is 53.6. The molecule has 0 bridgehead atoms. The highest BCUT2D eigenvalue weighted by molar-refractivity contribution is 7.90. The molecule has 1 aliphatic carbocycles. The Bertz CT molecular complexity index is 754. The van der Waals surface area contributed by atoms with E-state index in [1.165, 1.54) is 18.2 Å². The fraction of sp³-hybridized carbons (Fsp3) is 0.538. The number of sulfonamides is 2. The largest absolute Gasteiger partial charge is 0.324 e. The molecule has 0 atom stereocenters. The SMILES string of the molecule is CC(C)(N)CNS(=O)(=O)c1cccc(S(=O)(=O)NC2CC2)c1.Cl. The monoisotopic (exact) mass is 383 g/mol. The Kier molecular flexibility index (Phi) is 6.22. The minimum atomic E-state index is -3.81. The van der Waals surface area contributed by atoms with Crippen molar-refractivity contribution in [1.29, 1.82) is 0 Å². The Morgan fingerprint density at radius 3 is 2.13 bits per heavy atom. The Labute approximate surface area is 143 Å². The summed E-state index contributed by atoms with van der Waals surface area (Å²) in [5, 5.41) is 0. The van der Waals surface area contributed by atoms with Crippen molar-refractivity contribution in [2.24, 2.45) is 5.73 Å². The molecule has 10 heteroatoms. The molecule has 0 aliphatic heterocycles. The third-order valence-corrected chi connectivity index (χ3v) is 5.96. The van der Waals surface area contributed by atoms with Gasteiger partial charge in [0.1, 0.15) is 0 Å².